The van der Waals surface area contributed by atoms with Crippen molar-refractivity contribution in [1.29, 1.82) is 0 Å². The summed E-state index contributed by atoms with van der Waals surface area (Å²) in [6.45, 7) is 2.64. The van der Waals surface area contributed by atoms with E-state index in [1.807, 2.05) is 4.90 Å². The summed E-state index contributed by atoms with van der Waals surface area (Å²) in [5.41, 5.74) is 7.39. The van der Waals surface area contributed by atoms with E-state index in [-0.39, 0.29) is 23.1 Å². The molecule has 1 unspecified atom stereocenters. The Morgan fingerprint density at radius 3 is 2.73 bits per heavy atom. The highest BCUT2D eigenvalue weighted by Gasteiger charge is 2.26. The van der Waals surface area contributed by atoms with Gasteiger partial charge >= 0.3 is 0 Å². The Morgan fingerprint density at radius 2 is 2.03 bits per heavy atom. The number of aromatic nitrogens is 2. The zero-order chi connectivity index (χ0) is 21.3. The summed E-state index contributed by atoms with van der Waals surface area (Å²) >= 11 is 0. The molecule has 1 aromatic carbocycles. The summed E-state index contributed by atoms with van der Waals surface area (Å²) in [5.74, 6) is -0.721. The monoisotopic (exact) mass is 412 g/mol. The van der Waals surface area contributed by atoms with Gasteiger partial charge in [-0.3, -0.25) is 24.4 Å². The van der Waals surface area contributed by atoms with Gasteiger partial charge in [-0.15, -0.1) is 0 Å². The minimum absolute atomic E-state index is 0.0442. The Bertz CT molecular complexity index is 995. The van der Waals surface area contributed by atoms with E-state index in [9.17, 15) is 19.7 Å². The number of nitro benzene ring substituents is 1. The fourth-order valence-electron chi connectivity index (χ4n) is 4.25. The summed E-state index contributed by atoms with van der Waals surface area (Å²) in [6.07, 6.45) is 4.90. The van der Waals surface area contributed by atoms with Crippen LogP contribution in [0.15, 0.2) is 24.4 Å². The fourth-order valence-corrected chi connectivity index (χ4v) is 4.25. The maximum absolute atomic E-state index is 12.6. The Balaban J connectivity index is 1.43. The molecular weight excluding hydrogens is 388 g/mol. The number of hydrogen-bond donors (Lipinski definition) is 2. The number of nitrogens with zero attached hydrogens (tertiary/aromatic N) is 4. The van der Waals surface area contributed by atoms with Crippen molar-refractivity contribution in [3.63, 3.8) is 0 Å². The second-order valence-electron chi connectivity index (χ2n) is 7.82. The number of nitro groups is 1. The number of carbonyl (C=O) groups is 2. The number of benzene rings is 1. The molecule has 0 saturated carbocycles. The number of carbonyl (C=O) groups excluding carboxylic acids is 2. The van der Waals surface area contributed by atoms with Crippen molar-refractivity contribution in [3.8, 4) is 0 Å². The molecule has 2 aliphatic heterocycles. The van der Waals surface area contributed by atoms with Crippen LogP contribution in [0.5, 0.6) is 0 Å². The Kier molecular flexibility index (Phi) is 5.39. The Hall–Kier alpha value is -3.43. The van der Waals surface area contributed by atoms with Crippen molar-refractivity contribution < 1.29 is 14.5 Å². The van der Waals surface area contributed by atoms with Crippen molar-refractivity contribution in [2.75, 3.05) is 24.5 Å². The first-order valence-corrected chi connectivity index (χ1v) is 10.1. The van der Waals surface area contributed by atoms with E-state index < -0.39 is 10.8 Å². The maximum Gasteiger partial charge on any atom is 0.293 e. The number of fused-ring (bicyclic) bond motifs is 1. The quantitative estimate of drug-likeness (QED) is 0.545. The van der Waals surface area contributed by atoms with Gasteiger partial charge in [0.2, 0.25) is 0 Å². The van der Waals surface area contributed by atoms with Crippen molar-refractivity contribution in [2.45, 2.75) is 32.2 Å². The van der Waals surface area contributed by atoms with Crippen LogP contribution >= 0.6 is 0 Å². The number of anilines is 1. The molecule has 2 amide bonds. The third kappa shape index (κ3) is 3.85. The lowest BCUT2D eigenvalue weighted by Gasteiger charge is -2.24. The molecule has 158 valence electrons. The van der Waals surface area contributed by atoms with Gasteiger partial charge in [-0.1, -0.05) is 0 Å². The van der Waals surface area contributed by atoms with E-state index in [1.165, 1.54) is 12.3 Å². The van der Waals surface area contributed by atoms with Gasteiger partial charge in [-0.05, 0) is 43.7 Å². The zero-order valence-corrected chi connectivity index (χ0v) is 16.5. The first-order chi connectivity index (χ1) is 14.4. The molecule has 10 heteroatoms. The molecule has 0 aliphatic carbocycles. The molecule has 3 N–H and O–H groups in total. The number of nitrogens with two attached hydrogens (primary N) is 1. The standard InChI is InChI=1S/C20H24N6O4/c21-19(27)15-12-23-25-8-5-13(9-17(15)25)11-22-20(28)14-3-4-16(18(10-14)26(29)30)24-6-1-2-7-24/h3-4,10,12-13H,1-2,5-9,11H2,(H2,21,27)(H,22,28). The van der Waals surface area contributed by atoms with Crippen LogP contribution in [0, 0.1) is 16.0 Å². The minimum Gasteiger partial charge on any atom is -0.366 e. The van der Waals surface area contributed by atoms with Gasteiger partial charge in [-0.25, -0.2) is 0 Å². The molecule has 30 heavy (non-hydrogen) atoms. The fraction of sp³-hybridized carbons (Fsp3) is 0.450. The van der Waals surface area contributed by atoms with E-state index >= 15 is 0 Å². The lowest BCUT2D eigenvalue weighted by atomic mass is 9.94. The van der Waals surface area contributed by atoms with Gasteiger partial charge in [0.05, 0.1) is 22.4 Å². The number of amides is 2. The molecule has 10 nitrogen and oxygen atoms in total. The van der Waals surface area contributed by atoms with Crippen LogP contribution in [0.2, 0.25) is 0 Å². The normalized spacial score (nSPS) is 18.1. The van der Waals surface area contributed by atoms with Crippen molar-refractivity contribution in [2.24, 2.45) is 11.7 Å². The van der Waals surface area contributed by atoms with Gasteiger partial charge in [0.15, 0.2) is 0 Å². The molecule has 1 atom stereocenters. The van der Waals surface area contributed by atoms with Crippen LogP contribution in [0.1, 0.15) is 45.7 Å². The van der Waals surface area contributed by atoms with E-state index in [4.69, 9.17) is 5.73 Å². The summed E-state index contributed by atoms with van der Waals surface area (Å²) in [5, 5.41) is 18.6. The first-order valence-electron chi connectivity index (χ1n) is 10.1. The number of aryl methyl sites for hydroxylation is 1. The second-order valence-corrected chi connectivity index (χ2v) is 7.82. The van der Waals surface area contributed by atoms with E-state index in [0.29, 0.717) is 30.8 Å². The van der Waals surface area contributed by atoms with Crippen LogP contribution in [0.4, 0.5) is 11.4 Å². The maximum atomic E-state index is 12.6. The van der Waals surface area contributed by atoms with Crippen molar-refractivity contribution in [1.82, 2.24) is 15.1 Å². The van der Waals surface area contributed by atoms with Crippen LogP contribution in [0.3, 0.4) is 0 Å². The van der Waals surface area contributed by atoms with Crippen molar-refractivity contribution >= 4 is 23.2 Å². The van der Waals surface area contributed by atoms with Crippen LogP contribution in [-0.2, 0) is 13.0 Å². The molecule has 0 spiro atoms. The van der Waals surface area contributed by atoms with Crippen LogP contribution < -0.4 is 16.0 Å². The van der Waals surface area contributed by atoms with E-state index in [0.717, 1.165) is 38.0 Å². The SMILES string of the molecule is NC(=O)c1cnn2c1CC(CNC(=O)c1ccc(N3CCCC3)c([N+](=O)[O-])c1)CC2. The van der Waals surface area contributed by atoms with Crippen molar-refractivity contribution in [3.05, 3.63) is 51.3 Å². The lowest BCUT2D eigenvalue weighted by molar-refractivity contribution is -0.384. The Labute approximate surface area is 173 Å². The highest BCUT2D eigenvalue weighted by Crippen LogP contribution is 2.31. The molecule has 1 saturated heterocycles. The van der Waals surface area contributed by atoms with E-state index in [2.05, 4.69) is 10.4 Å². The smallest absolute Gasteiger partial charge is 0.293 e. The third-order valence-electron chi connectivity index (χ3n) is 5.88. The molecule has 0 bridgehead atoms. The number of nitrogens with one attached hydrogen (secondary N) is 1. The topological polar surface area (TPSA) is 136 Å². The third-order valence-corrected chi connectivity index (χ3v) is 5.88. The molecule has 2 aromatic rings. The molecule has 1 aromatic heterocycles. The minimum atomic E-state index is -0.508. The highest BCUT2D eigenvalue weighted by atomic mass is 16.6. The average molecular weight is 412 g/mol. The largest absolute Gasteiger partial charge is 0.366 e. The summed E-state index contributed by atoms with van der Waals surface area (Å²) in [7, 11) is 0. The molecule has 3 heterocycles. The average Bonchev–Trinajstić information content (AvgIpc) is 3.41. The highest BCUT2D eigenvalue weighted by molar-refractivity contribution is 5.96. The number of primary amides is 1. The summed E-state index contributed by atoms with van der Waals surface area (Å²) < 4.78 is 1.78. The summed E-state index contributed by atoms with van der Waals surface area (Å²) in [6, 6.07) is 4.65. The second kappa shape index (κ2) is 8.13. The van der Waals surface area contributed by atoms with Gasteiger partial charge < -0.3 is 16.0 Å². The predicted octanol–water partition coefficient (Wildman–Crippen LogP) is 1.48. The van der Waals surface area contributed by atoms with Gasteiger partial charge in [0.1, 0.15) is 5.69 Å². The van der Waals surface area contributed by atoms with Gasteiger partial charge in [0, 0.05) is 37.8 Å². The summed E-state index contributed by atoms with van der Waals surface area (Å²) in [4.78, 5) is 37.3. The molecular formula is C20H24N6O4. The van der Waals surface area contributed by atoms with E-state index in [1.54, 1.807) is 16.8 Å². The molecule has 4 rings (SSSR count). The number of rotatable bonds is 6. The molecule has 0 radical (unpaired) electrons. The number of hydrogen-bond acceptors (Lipinski definition) is 6. The van der Waals surface area contributed by atoms with Crippen LogP contribution in [-0.4, -0.2) is 46.2 Å². The first kappa shape index (κ1) is 19.9. The molecule has 1 fully saturated rings. The van der Waals surface area contributed by atoms with Gasteiger partial charge in [0.25, 0.3) is 17.5 Å². The Morgan fingerprint density at radius 1 is 1.27 bits per heavy atom. The molecule has 2 aliphatic rings. The zero-order valence-electron chi connectivity index (χ0n) is 16.5. The van der Waals surface area contributed by atoms with Gasteiger partial charge in [-0.2, -0.15) is 5.10 Å². The predicted molar refractivity (Wildman–Crippen MR) is 109 cm³/mol. The van der Waals surface area contributed by atoms with Crippen LogP contribution in [0.25, 0.3) is 0 Å². The lowest BCUT2D eigenvalue weighted by Crippen LogP contribution is -2.34.